The van der Waals surface area contributed by atoms with Gasteiger partial charge < -0.3 is 24.4 Å². The number of carbonyl (C=O) groups is 2. The van der Waals surface area contributed by atoms with Crippen LogP contribution >= 0.6 is 0 Å². The first-order valence-corrected chi connectivity index (χ1v) is 11.0. The predicted octanol–water partition coefficient (Wildman–Crippen LogP) is 3.59. The highest BCUT2D eigenvalue weighted by atomic mass is 16.5. The van der Waals surface area contributed by atoms with E-state index in [-0.39, 0.29) is 18.2 Å². The number of hydrogen-bond donors (Lipinski definition) is 1. The van der Waals surface area contributed by atoms with Crippen molar-refractivity contribution in [3.63, 3.8) is 0 Å². The molecule has 2 aromatic carbocycles. The van der Waals surface area contributed by atoms with Crippen molar-refractivity contribution < 1.29 is 23.8 Å². The van der Waals surface area contributed by atoms with E-state index in [2.05, 4.69) is 5.32 Å². The van der Waals surface area contributed by atoms with Gasteiger partial charge in [0.2, 0.25) is 11.8 Å². The molecule has 1 atom stereocenters. The Bertz CT molecular complexity index is 900. The van der Waals surface area contributed by atoms with Gasteiger partial charge in [0.1, 0.15) is 11.8 Å². The van der Waals surface area contributed by atoms with Gasteiger partial charge in [-0.3, -0.25) is 9.59 Å². The van der Waals surface area contributed by atoms with E-state index in [0.717, 1.165) is 11.1 Å². The van der Waals surface area contributed by atoms with Crippen LogP contribution in [0.1, 0.15) is 38.3 Å². The van der Waals surface area contributed by atoms with Gasteiger partial charge in [0, 0.05) is 20.0 Å². The molecule has 2 rings (SSSR count). The number of nitrogens with zero attached hydrogens (tertiary/aromatic N) is 1. The number of nitrogens with one attached hydrogen (secondary N) is 1. The van der Waals surface area contributed by atoms with Gasteiger partial charge in [0.25, 0.3) is 0 Å². The normalized spacial score (nSPS) is 11.4. The molecule has 32 heavy (non-hydrogen) atoms. The zero-order valence-corrected chi connectivity index (χ0v) is 19.6. The molecule has 0 radical (unpaired) electrons. The summed E-state index contributed by atoms with van der Waals surface area (Å²) in [7, 11) is 3.17. The summed E-state index contributed by atoms with van der Waals surface area (Å²) >= 11 is 0. The maximum absolute atomic E-state index is 13.2. The fraction of sp³-hybridized carbons (Fsp3) is 0.440. The van der Waals surface area contributed by atoms with E-state index < -0.39 is 6.04 Å². The van der Waals surface area contributed by atoms with Crippen LogP contribution in [0.2, 0.25) is 0 Å². The molecule has 174 valence electrons. The average Bonchev–Trinajstić information content (AvgIpc) is 2.81. The smallest absolute Gasteiger partial charge is 0.242 e. The Morgan fingerprint density at radius 3 is 2.38 bits per heavy atom. The second kappa shape index (κ2) is 12.6. The van der Waals surface area contributed by atoms with Gasteiger partial charge >= 0.3 is 0 Å². The summed E-state index contributed by atoms with van der Waals surface area (Å²) in [6, 6.07) is 12.6. The highest BCUT2D eigenvalue weighted by Crippen LogP contribution is 2.29. The molecule has 0 aliphatic heterocycles. The minimum absolute atomic E-state index is 0.101. The van der Waals surface area contributed by atoms with Crippen molar-refractivity contribution in [2.45, 2.75) is 46.2 Å². The van der Waals surface area contributed by atoms with Crippen molar-refractivity contribution in [2.24, 2.45) is 0 Å². The summed E-state index contributed by atoms with van der Waals surface area (Å²) in [5.74, 6) is 1.76. The third-order valence-electron chi connectivity index (χ3n) is 5.14. The van der Waals surface area contributed by atoms with Crippen molar-refractivity contribution in [3.05, 3.63) is 53.6 Å². The molecule has 0 heterocycles. The molecule has 2 aromatic rings. The van der Waals surface area contributed by atoms with E-state index in [1.54, 1.807) is 26.0 Å². The summed E-state index contributed by atoms with van der Waals surface area (Å²) in [4.78, 5) is 27.1. The predicted molar refractivity (Wildman–Crippen MR) is 124 cm³/mol. The Labute approximate surface area is 190 Å². The second-order valence-electron chi connectivity index (χ2n) is 7.31. The van der Waals surface area contributed by atoms with Crippen LogP contribution in [0.5, 0.6) is 17.2 Å². The highest BCUT2D eigenvalue weighted by Gasteiger charge is 2.25. The monoisotopic (exact) mass is 442 g/mol. The van der Waals surface area contributed by atoms with Crippen LogP contribution in [0.25, 0.3) is 0 Å². The number of benzene rings is 2. The topological polar surface area (TPSA) is 77.1 Å². The summed E-state index contributed by atoms with van der Waals surface area (Å²) in [6.45, 7) is 6.98. The quantitative estimate of drug-likeness (QED) is 0.544. The van der Waals surface area contributed by atoms with Crippen molar-refractivity contribution in [3.8, 4) is 17.2 Å². The Balaban J connectivity index is 2.17. The van der Waals surface area contributed by atoms with Gasteiger partial charge in [-0.1, -0.05) is 18.2 Å². The lowest BCUT2D eigenvalue weighted by atomic mass is 10.1. The summed E-state index contributed by atoms with van der Waals surface area (Å²) < 4.78 is 16.6. The second-order valence-corrected chi connectivity index (χ2v) is 7.31. The lowest BCUT2D eigenvalue weighted by Crippen LogP contribution is -2.46. The summed E-state index contributed by atoms with van der Waals surface area (Å²) in [5.41, 5.74) is 1.87. The van der Waals surface area contributed by atoms with Gasteiger partial charge in [-0.25, -0.2) is 0 Å². The first-order valence-electron chi connectivity index (χ1n) is 11.0. The molecule has 0 saturated heterocycles. The third-order valence-corrected chi connectivity index (χ3v) is 5.14. The van der Waals surface area contributed by atoms with E-state index in [9.17, 15) is 9.59 Å². The van der Waals surface area contributed by atoms with Crippen LogP contribution in [0, 0.1) is 0 Å². The van der Waals surface area contributed by atoms with Crippen LogP contribution in [-0.2, 0) is 22.6 Å². The Kier molecular flexibility index (Phi) is 9.85. The number of carbonyl (C=O) groups excluding carboxylic acids is 2. The molecule has 0 saturated carbocycles. The van der Waals surface area contributed by atoms with E-state index >= 15 is 0 Å². The van der Waals surface area contributed by atoms with Crippen molar-refractivity contribution >= 4 is 11.8 Å². The van der Waals surface area contributed by atoms with Gasteiger partial charge in [0.05, 0.1) is 20.3 Å². The molecule has 0 aromatic heterocycles. The number of ether oxygens (including phenoxy) is 3. The maximum Gasteiger partial charge on any atom is 0.242 e. The maximum atomic E-state index is 13.2. The van der Waals surface area contributed by atoms with E-state index in [1.807, 2.05) is 56.3 Å². The minimum Gasteiger partial charge on any atom is -0.497 e. The molecule has 1 N–H and O–H groups in total. The molecule has 2 amide bonds. The highest BCUT2D eigenvalue weighted by molar-refractivity contribution is 5.87. The fourth-order valence-electron chi connectivity index (χ4n) is 3.40. The van der Waals surface area contributed by atoms with Crippen LogP contribution in [0.3, 0.4) is 0 Å². The lowest BCUT2D eigenvalue weighted by Gasteiger charge is -2.28. The molecular formula is C25H34N2O5. The van der Waals surface area contributed by atoms with Gasteiger partial charge in [-0.2, -0.15) is 0 Å². The van der Waals surface area contributed by atoms with E-state index in [4.69, 9.17) is 14.2 Å². The number of likely N-dealkylation sites (N-methyl/N-ethyl adjacent to an activating group) is 1. The zero-order chi connectivity index (χ0) is 23.5. The minimum atomic E-state index is -0.599. The summed E-state index contributed by atoms with van der Waals surface area (Å²) in [5, 5.41) is 2.63. The van der Waals surface area contributed by atoms with Crippen LogP contribution in [0.4, 0.5) is 0 Å². The Morgan fingerprint density at radius 2 is 1.72 bits per heavy atom. The zero-order valence-electron chi connectivity index (χ0n) is 19.6. The number of methoxy groups -OCH3 is 1. The first-order chi connectivity index (χ1) is 15.4. The van der Waals surface area contributed by atoms with E-state index in [0.29, 0.717) is 43.4 Å². The SMILES string of the molecule is CCOc1ccc(CCC(=O)N(Cc2cccc(OC)c2)[C@@H](C)C(=O)NC)cc1OCC. The molecular weight excluding hydrogens is 408 g/mol. The van der Waals surface area contributed by atoms with Crippen LogP contribution in [0.15, 0.2) is 42.5 Å². The van der Waals surface area contributed by atoms with Gasteiger partial charge in [-0.15, -0.1) is 0 Å². The lowest BCUT2D eigenvalue weighted by molar-refractivity contribution is -0.140. The average molecular weight is 443 g/mol. The van der Waals surface area contributed by atoms with Gasteiger partial charge in [-0.05, 0) is 62.6 Å². The van der Waals surface area contributed by atoms with E-state index in [1.165, 1.54) is 0 Å². The summed E-state index contributed by atoms with van der Waals surface area (Å²) in [6.07, 6.45) is 0.797. The van der Waals surface area contributed by atoms with Crippen LogP contribution < -0.4 is 19.5 Å². The van der Waals surface area contributed by atoms with Crippen molar-refractivity contribution in [2.75, 3.05) is 27.4 Å². The molecule has 0 spiro atoms. The number of aryl methyl sites for hydroxylation is 1. The van der Waals surface area contributed by atoms with Crippen molar-refractivity contribution in [1.29, 1.82) is 0 Å². The molecule has 0 fully saturated rings. The first kappa shape index (κ1) is 25.0. The largest absolute Gasteiger partial charge is 0.497 e. The van der Waals surface area contributed by atoms with Crippen LogP contribution in [-0.4, -0.2) is 50.1 Å². The molecule has 0 bridgehead atoms. The number of amides is 2. The fourth-order valence-corrected chi connectivity index (χ4v) is 3.40. The molecule has 0 unspecified atom stereocenters. The molecule has 7 heteroatoms. The number of rotatable bonds is 12. The number of hydrogen-bond acceptors (Lipinski definition) is 5. The van der Waals surface area contributed by atoms with Crippen molar-refractivity contribution in [1.82, 2.24) is 10.2 Å². The molecule has 0 aliphatic carbocycles. The molecule has 7 nitrogen and oxygen atoms in total. The molecule has 0 aliphatic rings. The van der Waals surface area contributed by atoms with Gasteiger partial charge in [0.15, 0.2) is 11.5 Å². The standard InChI is InChI=1S/C25H34N2O5/c1-6-31-22-13-11-19(16-23(22)32-7-2)12-14-24(28)27(18(3)25(29)26-4)17-20-9-8-10-21(15-20)30-5/h8-11,13,15-16,18H,6-7,12,14,17H2,1-5H3,(H,26,29)/t18-/m0/s1. The third kappa shape index (κ3) is 6.90. The Hall–Kier alpha value is -3.22. The Morgan fingerprint density at radius 1 is 1.00 bits per heavy atom.